The number of rotatable bonds is 47. The molecule has 3 fully saturated rings. The number of nitrogens with one attached hydrogen (secondary N) is 8. The van der Waals surface area contributed by atoms with E-state index in [0.29, 0.717) is 103 Å². The molecule has 540 valence electrons. The lowest BCUT2D eigenvalue weighted by Crippen LogP contribution is -2.54. The van der Waals surface area contributed by atoms with Gasteiger partial charge in [0.15, 0.2) is 0 Å². The van der Waals surface area contributed by atoms with Crippen LogP contribution >= 0.6 is 15.9 Å². The number of urea groups is 1. The molecule has 0 unspecified atom stereocenters. The summed E-state index contributed by atoms with van der Waals surface area (Å²) in [5, 5.41) is 22.2. The average molecular weight is 1420 g/mol. The number of carbonyl (C=O) groups is 9. The number of nitrogens with two attached hydrogens (primary N) is 1. The van der Waals surface area contributed by atoms with E-state index in [4.69, 9.17) is 57.8 Å². The molecular formula is C66H104BrN9O20. The molecule has 9 amide bonds. The van der Waals surface area contributed by atoms with Crippen molar-refractivity contribution in [2.45, 2.75) is 161 Å². The van der Waals surface area contributed by atoms with Gasteiger partial charge in [-0.15, -0.1) is 0 Å². The lowest BCUT2D eigenvalue weighted by atomic mass is 9.88. The third kappa shape index (κ3) is 36.1. The second-order valence-corrected chi connectivity index (χ2v) is 24.6. The summed E-state index contributed by atoms with van der Waals surface area (Å²) in [4.78, 5) is 112. The number of primary amides is 1. The van der Waals surface area contributed by atoms with Crippen LogP contribution < -0.4 is 48.3 Å². The van der Waals surface area contributed by atoms with Crippen LogP contribution in [0.15, 0.2) is 60.2 Å². The number of ether oxygens (including phenoxy) is 11. The molecule has 1 aromatic carbocycles. The molecule has 30 heteroatoms. The standard InChI is InChI=1S/C66H104BrN9O20/c1-44(2)61(76-58(79)20-25-86-27-29-88-31-33-90-35-36-91-34-32-89-30-28-87-26-24-70-60(81)41-67)63(83)75-54(9-8-21-71-64(68)84)62(82)73-51-15-13-50(14-16-51)42-92-65(85)72-23-22-69-59(80)38-53-40-66(43-93-66)39-52(96-53)17-10-45(3)11-18-56-46(4)37-55(48(6)95-56)74-57(78)19-12-47(5)94-49(7)77/h10-17,19,44,46-48,52-56,61H,8-9,18,20-43H2,1-7H3,(H,69,80)(H,70,81)(H,72,85)(H,73,82)(H,74,78)(H,75,83)(H,76,79)(H3,68,71,84)/b17-10+,19-12-,45-11+/t46-,47-,48+,52+,53+,54-,55+,56-,61-,66+/m0/s1. The normalized spacial score (nSPS) is 21.0. The van der Waals surface area contributed by atoms with Gasteiger partial charge in [0.25, 0.3) is 0 Å². The molecule has 3 aliphatic rings. The van der Waals surface area contributed by atoms with Crippen LogP contribution in [0.5, 0.6) is 0 Å². The first-order chi connectivity index (χ1) is 46.0. The number of halogens is 1. The molecule has 3 aliphatic heterocycles. The fourth-order valence-electron chi connectivity index (χ4n) is 10.1. The van der Waals surface area contributed by atoms with E-state index in [1.54, 1.807) is 51.1 Å². The van der Waals surface area contributed by atoms with Crippen molar-refractivity contribution in [2.75, 3.05) is 123 Å². The van der Waals surface area contributed by atoms with Crippen molar-refractivity contribution in [3.05, 3.63) is 65.8 Å². The lowest BCUT2D eigenvalue weighted by Gasteiger charge is -2.39. The van der Waals surface area contributed by atoms with Crippen LogP contribution in [0.2, 0.25) is 0 Å². The molecule has 0 aromatic heterocycles. The van der Waals surface area contributed by atoms with Crippen molar-refractivity contribution in [1.29, 1.82) is 0 Å². The lowest BCUT2D eigenvalue weighted by molar-refractivity contribution is -0.143. The van der Waals surface area contributed by atoms with Crippen molar-refractivity contribution in [3.63, 3.8) is 0 Å². The van der Waals surface area contributed by atoms with Crippen molar-refractivity contribution >= 4 is 75.2 Å². The molecule has 29 nitrogen and oxygen atoms in total. The van der Waals surface area contributed by atoms with Crippen molar-refractivity contribution in [1.82, 2.24) is 37.2 Å². The molecule has 0 radical (unpaired) electrons. The Morgan fingerprint density at radius 2 is 1.32 bits per heavy atom. The summed E-state index contributed by atoms with van der Waals surface area (Å²) in [6.45, 7) is 18.1. The van der Waals surface area contributed by atoms with Crippen molar-refractivity contribution in [2.24, 2.45) is 17.6 Å². The summed E-state index contributed by atoms with van der Waals surface area (Å²) in [6, 6.07) is 3.57. The van der Waals surface area contributed by atoms with Gasteiger partial charge >= 0.3 is 18.1 Å². The molecule has 4 rings (SSSR count). The fourth-order valence-corrected chi connectivity index (χ4v) is 10.3. The summed E-state index contributed by atoms with van der Waals surface area (Å²) in [7, 11) is 0. The molecule has 1 spiro atoms. The molecule has 96 heavy (non-hydrogen) atoms. The Morgan fingerprint density at radius 1 is 0.708 bits per heavy atom. The Hall–Kier alpha value is -6.61. The number of allylic oxidation sites excluding steroid dienone is 2. The van der Waals surface area contributed by atoms with E-state index in [1.165, 1.54) is 13.0 Å². The molecule has 0 saturated carbocycles. The molecular weight excluding hydrogens is 1320 g/mol. The van der Waals surface area contributed by atoms with Crippen LogP contribution in [0.1, 0.15) is 105 Å². The van der Waals surface area contributed by atoms with Gasteiger partial charge in [0.2, 0.25) is 35.4 Å². The molecule has 10 atom stereocenters. The Morgan fingerprint density at radius 3 is 1.93 bits per heavy atom. The minimum Gasteiger partial charge on any atom is -0.459 e. The van der Waals surface area contributed by atoms with E-state index in [1.807, 2.05) is 26.0 Å². The van der Waals surface area contributed by atoms with E-state index in [0.717, 1.165) is 12.0 Å². The van der Waals surface area contributed by atoms with E-state index in [-0.39, 0.29) is 143 Å². The van der Waals surface area contributed by atoms with Crippen LogP contribution in [0.3, 0.4) is 0 Å². The predicted octanol–water partition coefficient (Wildman–Crippen LogP) is 3.45. The topological polar surface area (TPSA) is 381 Å². The van der Waals surface area contributed by atoms with E-state index in [9.17, 15) is 43.2 Å². The Labute approximate surface area is 572 Å². The number of alkyl halides is 1. The third-order valence-electron chi connectivity index (χ3n) is 15.4. The molecule has 0 bridgehead atoms. The molecule has 3 heterocycles. The predicted molar refractivity (Wildman–Crippen MR) is 357 cm³/mol. The number of hydrogen-bond acceptors (Lipinski definition) is 20. The minimum atomic E-state index is -1.07. The van der Waals surface area contributed by atoms with Crippen LogP contribution in [0.4, 0.5) is 15.3 Å². The zero-order valence-corrected chi connectivity index (χ0v) is 58.3. The second kappa shape index (κ2) is 46.6. The summed E-state index contributed by atoms with van der Waals surface area (Å²) < 4.78 is 61.8. The first-order valence-corrected chi connectivity index (χ1v) is 34.1. The Kier molecular flexibility index (Phi) is 39.7. The molecule has 0 aliphatic carbocycles. The summed E-state index contributed by atoms with van der Waals surface area (Å²) >= 11 is 3.08. The highest BCUT2D eigenvalue weighted by Crippen LogP contribution is 2.43. The highest BCUT2D eigenvalue weighted by molar-refractivity contribution is 9.09. The van der Waals surface area contributed by atoms with Gasteiger partial charge in [-0.25, -0.2) is 9.59 Å². The molecule has 1 aromatic rings. The number of hydrogen-bond donors (Lipinski definition) is 9. The molecule has 10 N–H and O–H groups in total. The number of epoxide rings is 1. The fraction of sp³-hybridized carbons (Fsp3) is 0.682. The van der Waals surface area contributed by atoms with Crippen LogP contribution in [-0.2, 0) is 92.3 Å². The Balaban J connectivity index is 1.08. The van der Waals surface area contributed by atoms with E-state index < -0.39 is 54.0 Å². The van der Waals surface area contributed by atoms with Gasteiger partial charge in [-0.05, 0) is 82.1 Å². The first kappa shape index (κ1) is 81.8. The highest BCUT2D eigenvalue weighted by Gasteiger charge is 2.51. The summed E-state index contributed by atoms with van der Waals surface area (Å²) in [5.41, 5.74) is 6.94. The van der Waals surface area contributed by atoms with E-state index >= 15 is 0 Å². The first-order valence-electron chi connectivity index (χ1n) is 33.0. The number of esters is 1. The van der Waals surface area contributed by atoms with Gasteiger partial charge in [0, 0.05) is 64.1 Å². The van der Waals surface area contributed by atoms with Crippen LogP contribution in [0, 0.1) is 11.8 Å². The van der Waals surface area contributed by atoms with E-state index in [2.05, 4.69) is 71.5 Å². The maximum Gasteiger partial charge on any atom is 0.407 e. The van der Waals surface area contributed by atoms with Gasteiger partial charge in [-0.3, -0.25) is 33.6 Å². The van der Waals surface area contributed by atoms with Gasteiger partial charge in [-0.1, -0.05) is 72.6 Å². The minimum absolute atomic E-state index is 0.0299. The quantitative estimate of drug-likeness (QED) is 0.0113. The van der Waals surface area contributed by atoms with Crippen molar-refractivity contribution < 1.29 is 95.3 Å². The maximum atomic E-state index is 13.7. The Bertz CT molecular complexity index is 2650. The second-order valence-electron chi connectivity index (χ2n) is 24.0. The number of benzene rings is 1. The zero-order chi connectivity index (χ0) is 70.1. The maximum absolute atomic E-state index is 13.7. The monoisotopic (exact) mass is 1420 g/mol. The van der Waals surface area contributed by atoms with Crippen LogP contribution in [-0.4, -0.2) is 225 Å². The number of anilines is 1. The van der Waals surface area contributed by atoms with Gasteiger partial charge in [0.1, 0.15) is 24.8 Å². The van der Waals surface area contributed by atoms with Gasteiger partial charge in [-0.2, -0.15) is 0 Å². The summed E-state index contributed by atoms with van der Waals surface area (Å²) in [5.74, 6) is -2.75. The number of amides is 9. The number of carbonyl (C=O) groups excluding carboxylic acids is 9. The summed E-state index contributed by atoms with van der Waals surface area (Å²) in [6.07, 6.45) is 10.2. The average Bonchev–Trinajstić information content (AvgIpc) is 1.62. The van der Waals surface area contributed by atoms with Gasteiger partial charge < -0.3 is 100 Å². The number of alkyl carbamates (subject to hydrolysis) is 1. The van der Waals surface area contributed by atoms with Crippen LogP contribution in [0.25, 0.3) is 0 Å². The smallest absolute Gasteiger partial charge is 0.407 e. The molecule has 3 saturated heterocycles. The highest BCUT2D eigenvalue weighted by atomic mass is 79.9. The zero-order valence-electron chi connectivity index (χ0n) is 56.7. The largest absolute Gasteiger partial charge is 0.459 e. The SMILES string of the molecule is CC(=O)O[C@@H](C)/C=C\C(=O)N[C@@H]1C[C@H](C)[C@H](C/C=C(C)/C=C/[C@@H]2C[C@]3(CO3)C[C@@H](CC(=O)NCCNC(=O)OCc3ccc(NC(=O)[C@H](CCCNC(N)=O)NC(=O)[C@@H](NC(=O)CCOCCOCCOCCOCCOCCOCCNC(=O)CBr)C(C)C)cc3)O2)O[C@@H]1C. The van der Waals surface area contributed by atoms with Gasteiger partial charge in [0.05, 0.1) is 134 Å². The third-order valence-corrected chi connectivity index (χ3v) is 15.9. The van der Waals surface area contributed by atoms with Crippen molar-refractivity contribution in [3.8, 4) is 0 Å².